The Balaban J connectivity index is 2.48. The van der Waals surface area contributed by atoms with E-state index in [-0.39, 0.29) is 0 Å². The van der Waals surface area contributed by atoms with Crippen molar-refractivity contribution < 1.29 is 4.85 Å². The number of benzene rings is 1. The molecule has 0 aliphatic rings. The van der Waals surface area contributed by atoms with Gasteiger partial charge in [-0.3, -0.25) is 0 Å². The van der Waals surface area contributed by atoms with Crippen molar-refractivity contribution >= 4 is 0 Å². The Labute approximate surface area is 75.1 Å². The number of aromatic nitrogens is 3. The molecule has 0 atom stereocenters. The van der Waals surface area contributed by atoms with Crippen molar-refractivity contribution in [2.24, 2.45) is 0 Å². The van der Waals surface area contributed by atoms with Gasteiger partial charge < -0.3 is 5.21 Å². The van der Waals surface area contributed by atoms with Gasteiger partial charge in [-0.05, 0) is 0 Å². The first kappa shape index (κ1) is 7.67. The van der Waals surface area contributed by atoms with E-state index in [9.17, 15) is 5.21 Å². The molecule has 0 spiro atoms. The molecular formula is C9H7N3O. The first-order valence-electron chi connectivity index (χ1n) is 3.83. The molecule has 0 N–H and O–H groups in total. The van der Waals surface area contributed by atoms with E-state index in [0.717, 1.165) is 5.56 Å². The van der Waals surface area contributed by atoms with Crippen molar-refractivity contribution in [3.05, 3.63) is 48.1 Å². The number of hydrogen-bond acceptors (Lipinski definition) is 3. The molecule has 64 valence electrons. The van der Waals surface area contributed by atoms with Gasteiger partial charge in [0.2, 0.25) is 6.20 Å². The molecule has 4 heteroatoms. The zero-order valence-electron chi connectivity index (χ0n) is 6.79. The highest BCUT2D eigenvalue weighted by molar-refractivity contribution is 5.56. The van der Waals surface area contributed by atoms with E-state index in [0.29, 0.717) is 10.5 Å². The topological polar surface area (TPSA) is 52.7 Å². The molecule has 0 aliphatic carbocycles. The Morgan fingerprint density at radius 3 is 2.62 bits per heavy atom. The van der Waals surface area contributed by atoms with Crippen LogP contribution in [0.5, 0.6) is 0 Å². The Morgan fingerprint density at radius 1 is 1.15 bits per heavy atom. The van der Waals surface area contributed by atoms with Crippen molar-refractivity contribution in [2.75, 3.05) is 0 Å². The summed E-state index contributed by atoms with van der Waals surface area (Å²) in [5, 5.41) is 14.2. The summed E-state index contributed by atoms with van der Waals surface area (Å²) >= 11 is 0. The third-order valence-electron chi connectivity index (χ3n) is 1.66. The van der Waals surface area contributed by atoms with Crippen molar-refractivity contribution in [2.45, 2.75) is 0 Å². The van der Waals surface area contributed by atoms with Crippen LogP contribution in [0, 0.1) is 5.21 Å². The minimum Gasteiger partial charge on any atom is -0.594 e. The maximum absolute atomic E-state index is 10.8. The van der Waals surface area contributed by atoms with Crippen molar-refractivity contribution in [3.63, 3.8) is 0 Å². The fourth-order valence-corrected chi connectivity index (χ4v) is 1.07. The predicted molar refractivity (Wildman–Crippen MR) is 46.4 cm³/mol. The van der Waals surface area contributed by atoms with Gasteiger partial charge in [0.1, 0.15) is 5.69 Å². The maximum atomic E-state index is 10.8. The second-order valence-electron chi connectivity index (χ2n) is 2.54. The highest BCUT2D eigenvalue weighted by Crippen LogP contribution is 2.12. The second kappa shape index (κ2) is 3.18. The minimum absolute atomic E-state index is 0.495. The molecule has 0 unspecified atom stereocenters. The highest BCUT2D eigenvalue weighted by atomic mass is 16.5. The SMILES string of the molecule is [O-][n+]1cc(-c2ccccc2)ncn1. The molecule has 0 amide bonds. The molecule has 0 fully saturated rings. The normalized spacial score (nSPS) is 9.85. The van der Waals surface area contributed by atoms with Crippen LogP contribution in [0.4, 0.5) is 0 Å². The molecule has 0 bridgehead atoms. The minimum atomic E-state index is 0.495. The van der Waals surface area contributed by atoms with Crippen molar-refractivity contribution in [3.8, 4) is 11.3 Å². The van der Waals surface area contributed by atoms with E-state index in [1.807, 2.05) is 30.3 Å². The molecule has 13 heavy (non-hydrogen) atoms. The van der Waals surface area contributed by atoms with E-state index in [1.54, 1.807) is 0 Å². The lowest BCUT2D eigenvalue weighted by atomic mass is 10.2. The van der Waals surface area contributed by atoms with Gasteiger partial charge in [-0.25, -0.2) is 4.98 Å². The first-order chi connectivity index (χ1) is 6.36. The van der Waals surface area contributed by atoms with Crippen LogP contribution in [0.1, 0.15) is 0 Å². The lowest BCUT2D eigenvalue weighted by molar-refractivity contribution is -0.669. The Hall–Kier alpha value is -1.97. The van der Waals surface area contributed by atoms with Crippen molar-refractivity contribution in [1.82, 2.24) is 10.1 Å². The van der Waals surface area contributed by atoms with Gasteiger partial charge in [0.15, 0.2) is 6.33 Å². The fraction of sp³-hybridized carbons (Fsp3) is 0. The summed E-state index contributed by atoms with van der Waals surface area (Å²) < 4.78 is 0. The number of rotatable bonds is 1. The van der Waals surface area contributed by atoms with Crippen LogP contribution in [0.3, 0.4) is 0 Å². The van der Waals surface area contributed by atoms with Gasteiger partial charge in [0, 0.05) is 10.7 Å². The van der Waals surface area contributed by atoms with E-state index < -0.39 is 0 Å². The Kier molecular flexibility index (Phi) is 1.88. The van der Waals surface area contributed by atoms with Crippen LogP contribution >= 0.6 is 0 Å². The van der Waals surface area contributed by atoms with E-state index in [2.05, 4.69) is 10.1 Å². The average Bonchev–Trinajstić information content (AvgIpc) is 2.19. The predicted octanol–water partition coefficient (Wildman–Crippen LogP) is 0.777. The lowest BCUT2D eigenvalue weighted by Crippen LogP contribution is -2.30. The zero-order valence-corrected chi connectivity index (χ0v) is 6.79. The summed E-state index contributed by atoms with van der Waals surface area (Å²) in [5.74, 6) is 0. The van der Waals surface area contributed by atoms with Crippen LogP contribution in [0.15, 0.2) is 42.9 Å². The molecule has 0 saturated heterocycles. The molecule has 1 heterocycles. The molecule has 0 radical (unpaired) electrons. The summed E-state index contributed by atoms with van der Waals surface area (Å²) in [5.41, 5.74) is 1.54. The number of nitrogens with zero attached hydrogens (tertiary/aromatic N) is 3. The molecule has 0 saturated carbocycles. The van der Waals surface area contributed by atoms with E-state index in [4.69, 9.17) is 0 Å². The summed E-state index contributed by atoms with van der Waals surface area (Å²) in [6.07, 6.45) is 2.59. The lowest BCUT2D eigenvalue weighted by Gasteiger charge is -1.97. The quantitative estimate of drug-likeness (QED) is 0.473. The summed E-state index contributed by atoms with van der Waals surface area (Å²) in [7, 11) is 0. The van der Waals surface area contributed by atoms with Crippen molar-refractivity contribution in [1.29, 1.82) is 0 Å². The molecule has 1 aromatic heterocycles. The van der Waals surface area contributed by atoms with Gasteiger partial charge in [-0.15, -0.1) is 0 Å². The summed E-state index contributed by atoms with van der Waals surface area (Å²) in [4.78, 5) is 4.47. The summed E-state index contributed by atoms with van der Waals surface area (Å²) in [6, 6.07) is 9.49. The molecular weight excluding hydrogens is 166 g/mol. The standard InChI is InChI=1S/C9H7N3O/c13-12-6-9(10-7-11-12)8-4-2-1-3-5-8/h1-7H. The monoisotopic (exact) mass is 173 g/mol. The maximum Gasteiger partial charge on any atom is 0.236 e. The Morgan fingerprint density at radius 2 is 1.92 bits per heavy atom. The molecule has 2 aromatic rings. The summed E-state index contributed by atoms with van der Waals surface area (Å²) in [6.45, 7) is 0. The fourth-order valence-electron chi connectivity index (χ4n) is 1.07. The second-order valence-corrected chi connectivity index (χ2v) is 2.54. The van der Waals surface area contributed by atoms with Gasteiger partial charge in [-0.1, -0.05) is 35.2 Å². The molecule has 4 nitrogen and oxygen atoms in total. The van der Waals surface area contributed by atoms with Crippen LogP contribution < -0.4 is 4.85 Å². The smallest absolute Gasteiger partial charge is 0.236 e. The van der Waals surface area contributed by atoms with Crippen LogP contribution in [-0.2, 0) is 0 Å². The highest BCUT2D eigenvalue weighted by Gasteiger charge is 2.01. The van der Waals surface area contributed by atoms with Crippen LogP contribution in [-0.4, -0.2) is 10.1 Å². The largest absolute Gasteiger partial charge is 0.594 e. The zero-order chi connectivity index (χ0) is 9.10. The third-order valence-corrected chi connectivity index (χ3v) is 1.66. The van der Waals surface area contributed by atoms with E-state index in [1.165, 1.54) is 12.5 Å². The van der Waals surface area contributed by atoms with Gasteiger partial charge in [0.25, 0.3) is 0 Å². The molecule has 2 rings (SSSR count). The van der Waals surface area contributed by atoms with Gasteiger partial charge >= 0.3 is 0 Å². The molecule has 0 aliphatic heterocycles. The van der Waals surface area contributed by atoms with Gasteiger partial charge in [0.05, 0.1) is 0 Å². The number of hydrogen-bond donors (Lipinski definition) is 0. The Bertz CT molecular complexity index is 403. The average molecular weight is 173 g/mol. The molecule has 1 aromatic carbocycles. The van der Waals surface area contributed by atoms with Crippen LogP contribution in [0.2, 0.25) is 0 Å². The van der Waals surface area contributed by atoms with Crippen LogP contribution in [0.25, 0.3) is 11.3 Å². The third kappa shape index (κ3) is 1.61. The first-order valence-corrected chi connectivity index (χ1v) is 3.83. The van der Waals surface area contributed by atoms with Gasteiger partial charge in [-0.2, -0.15) is 0 Å². The van der Waals surface area contributed by atoms with E-state index >= 15 is 0 Å².